The lowest BCUT2D eigenvalue weighted by molar-refractivity contribution is -0.122. The van der Waals surface area contributed by atoms with E-state index in [4.69, 9.17) is 12.2 Å². The fourth-order valence-corrected chi connectivity index (χ4v) is 6.25. The Morgan fingerprint density at radius 3 is 2.26 bits per heavy atom. The summed E-state index contributed by atoms with van der Waals surface area (Å²) in [7, 11) is 0. The molecule has 2 aromatic rings. The zero-order valence-electron chi connectivity index (χ0n) is 22.4. The molecule has 0 saturated carbocycles. The molecule has 200 valence electrons. The topological polar surface area (TPSA) is 72.6 Å². The molecule has 2 saturated heterocycles. The van der Waals surface area contributed by atoms with Crippen molar-refractivity contribution in [2.45, 2.75) is 53.0 Å². The molecule has 0 aliphatic carbocycles. The first-order valence-corrected chi connectivity index (χ1v) is 14.6. The van der Waals surface area contributed by atoms with Crippen LogP contribution in [0.15, 0.2) is 40.0 Å². The molecule has 2 fully saturated rings. The molecule has 0 unspecified atom stereocenters. The van der Waals surface area contributed by atoms with Gasteiger partial charge in [0.15, 0.2) is 0 Å². The van der Waals surface area contributed by atoms with E-state index >= 15 is 0 Å². The fraction of sp³-hybridized carbons (Fsp3) is 0.448. The number of piperazine rings is 1. The lowest BCUT2D eigenvalue weighted by atomic mass is 10.0. The van der Waals surface area contributed by atoms with Crippen LogP contribution >= 0.6 is 24.0 Å². The van der Waals surface area contributed by atoms with Gasteiger partial charge in [0.1, 0.15) is 21.8 Å². The van der Waals surface area contributed by atoms with Crippen molar-refractivity contribution >= 4 is 51.8 Å². The van der Waals surface area contributed by atoms with Crippen LogP contribution in [-0.4, -0.2) is 52.4 Å². The number of rotatable bonds is 9. The molecule has 38 heavy (non-hydrogen) atoms. The highest BCUT2D eigenvalue weighted by atomic mass is 32.2. The minimum atomic E-state index is -0.258. The van der Waals surface area contributed by atoms with Crippen molar-refractivity contribution in [3.8, 4) is 6.07 Å². The number of carbonyl (C=O) groups excluding carboxylic acids is 1. The summed E-state index contributed by atoms with van der Waals surface area (Å²) < 4.78 is 2.32. The van der Waals surface area contributed by atoms with Crippen LogP contribution in [0.5, 0.6) is 0 Å². The number of para-hydroxylation sites is 1. The van der Waals surface area contributed by atoms with E-state index in [1.54, 1.807) is 9.47 Å². The van der Waals surface area contributed by atoms with Crippen LogP contribution in [0.2, 0.25) is 0 Å². The van der Waals surface area contributed by atoms with Crippen LogP contribution in [0.3, 0.4) is 0 Å². The lowest BCUT2D eigenvalue weighted by Crippen LogP contribution is -2.48. The Balaban J connectivity index is 1.78. The Kier molecular flexibility index (Phi) is 9.29. The average molecular weight is 550 g/mol. The number of unbranched alkanes of at least 4 members (excludes halogenated alkanes) is 2. The van der Waals surface area contributed by atoms with E-state index in [9.17, 15) is 14.9 Å². The largest absolute Gasteiger partial charge is 0.368 e. The monoisotopic (exact) mass is 549 g/mol. The molecular weight excluding hydrogens is 514 g/mol. The summed E-state index contributed by atoms with van der Waals surface area (Å²) in [6.45, 7) is 10.2. The molecule has 2 aliphatic rings. The maximum Gasteiger partial charge on any atom is 0.270 e. The van der Waals surface area contributed by atoms with Gasteiger partial charge in [-0.1, -0.05) is 68.9 Å². The molecule has 0 radical (unpaired) electrons. The molecule has 2 aliphatic heterocycles. The van der Waals surface area contributed by atoms with Crippen molar-refractivity contribution < 1.29 is 4.79 Å². The number of pyridine rings is 1. The number of aromatic nitrogens is 1. The lowest BCUT2D eigenvalue weighted by Gasteiger charge is -2.39. The number of anilines is 2. The van der Waals surface area contributed by atoms with Crippen LogP contribution < -0.4 is 15.4 Å². The van der Waals surface area contributed by atoms with Gasteiger partial charge in [0.2, 0.25) is 0 Å². The van der Waals surface area contributed by atoms with Gasteiger partial charge in [0, 0.05) is 50.5 Å². The van der Waals surface area contributed by atoms with Gasteiger partial charge in [-0.05, 0) is 43.5 Å². The molecule has 0 N–H and O–H groups in total. The number of nitriles is 1. The van der Waals surface area contributed by atoms with E-state index in [1.807, 2.05) is 31.2 Å². The van der Waals surface area contributed by atoms with Crippen LogP contribution in [0.1, 0.15) is 56.2 Å². The van der Waals surface area contributed by atoms with Gasteiger partial charge in [0.05, 0.1) is 4.91 Å². The zero-order chi connectivity index (χ0) is 27.2. The quantitative estimate of drug-likeness (QED) is 0.316. The van der Waals surface area contributed by atoms with E-state index in [-0.39, 0.29) is 17.0 Å². The number of amides is 1. The van der Waals surface area contributed by atoms with Gasteiger partial charge in [0.25, 0.3) is 11.5 Å². The zero-order valence-corrected chi connectivity index (χ0v) is 24.0. The Labute approximate surface area is 234 Å². The van der Waals surface area contributed by atoms with Crippen LogP contribution in [0, 0.1) is 18.3 Å². The third-order valence-electron chi connectivity index (χ3n) is 7.17. The Bertz CT molecular complexity index is 1320. The number of thiocarbonyl (C=S) groups is 1. The van der Waals surface area contributed by atoms with E-state index in [1.165, 1.54) is 17.4 Å². The van der Waals surface area contributed by atoms with Crippen LogP contribution in [-0.2, 0) is 11.3 Å². The predicted molar refractivity (Wildman–Crippen MR) is 161 cm³/mol. The number of carbonyl (C=O) groups is 1. The average Bonchev–Trinajstić information content (AvgIpc) is 3.20. The van der Waals surface area contributed by atoms with E-state index < -0.39 is 0 Å². The molecule has 9 heteroatoms. The maximum absolute atomic E-state index is 13.5. The smallest absolute Gasteiger partial charge is 0.270 e. The first-order chi connectivity index (χ1) is 18.4. The number of nitrogens with zero attached hydrogens (tertiary/aromatic N) is 5. The first kappa shape index (κ1) is 27.9. The third-order valence-corrected chi connectivity index (χ3v) is 8.54. The summed E-state index contributed by atoms with van der Waals surface area (Å²) in [4.78, 5) is 33.6. The standard InChI is InChI=1S/C29H35N5O2S2/c1-4-6-13-33-26(32-17-15-31(16-18-32)22-11-9-8-10-12-22)23(21(3)24(20-30)27(33)35)19-25-28(36)34(14-7-5-2)29(37)38-25/h8-12,19H,4-7,13-18H2,1-3H3/b25-19-. The SMILES string of the molecule is CCCCN1C(=O)/C(=C/c2c(C)c(C#N)c(=O)n(CCCC)c2N2CCN(c3ccccc3)CC2)SC1=S. The summed E-state index contributed by atoms with van der Waals surface area (Å²) in [6, 6.07) is 12.5. The Morgan fingerprint density at radius 1 is 1.00 bits per heavy atom. The van der Waals surface area contributed by atoms with Gasteiger partial charge in [-0.25, -0.2) is 0 Å². The summed E-state index contributed by atoms with van der Waals surface area (Å²) in [5.74, 6) is 0.698. The first-order valence-electron chi connectivity index (χ1n) is 13.4. The predicted octanol–water partition coefficient (Wildman–Crippen LogP) is 5.16. The highest BCUT2D eigenvalue weighted by Gasteiger charge is 2.33. The van der Waals surface area contributed by atoms with Crippen molar-refractivity contribution in [3.63, 3.8) is 0 Å². The molecule has 4 rings (SSSR count). The molecule has 0 atom stereocenters. The molecular formula is C29H35N5O2S2. The molecule has 0 bridgehead atoms. The van der Waals surface area contributed by atoms with Crippen LogP contribution in [0.25, 0.3) is 6.08 Å². The van der Waals surface area contributed by atoms with Crippen molar-refractivity contribution in [1.29, 1.82) is 5.26 Å². The number of thioether (sulfide) groups is 1. The normalized spacial score (nSPS) is 17.0. The van der Waals surface area contributed by atoms with Gasteiger partial charge in [-0.2, -0.15) is 5.26 Å². The van der Waals surface area contributed by atoms with Crippen molar-refractivity contribution in [2.24, 2.45) is 0 Å². The van der Waals surface area contributed by atoms with Gasteiger partial charge in [-0.15, -0.1) is 0 Å². The van der Waals surface area contributed by atoms with Gasteiger partial charge in [-0.3, -0.25) is 19.1 Å². The minimum absolute atomic E-state index is 0.0995. The third kappa shape index (κ3) is 5.67. The van der Waals surface area contributed by atoms with Crippen molar-refractivity contribution in [3.05, 3.63) is 62.3 Å². The Hall–Kier alpha value is -3.09. The maximum atomic E-state index is 13.5. The second-order valence-corrected chi connectivity index (χ2v) is 11.3. The van der Waals surface area contributed by atoms with E-state index in [2.05, 4.69) is 41.8 Å². The summed E-state index contributed by atoms with van der Waals surface area (Å²) in [5.41, 5.74) is 2.44. The molecule has 1 amide bonds. The number of hydrogen-bond donors (Lipinski definition) is 0. The highest BCUT2D eigenvalue weighted by molar-refractivity contribution is 8.26. The highest BCUT2D eigenvalue weighted by Crippen LogP contribution is 2.36. The summed E-state index contributed by atoms with van der Waals surface area (Å²) >= 11 is 6.83. The summed E-state index contributed by atoms with van der Waals surface area (Å²) in [5, 5.41) is 9.92. The molecule has 0 spiro atoms. The second-order valence-electron chi connectivity index (χ2n) is 9.66. The molecule has 1 aromatic heterocycles. The molecule has 1 aromatic carbocycles. The minimum Gasteiger partial charge on any atom is -0.368 e. The van der Waals surface area contributed by atoms with Gasteiger partial charge >= 0.3 is 0 Å². The van der Waals surface area contributed by atoms with Crippen LogP contribution in [0.4, 0.5) is 11.5 Å². The van der Waals surface area contributed by atoms with Gasteiger partial charge < -0.3 is 9.80 Å². The fourth-order valence-electron chi connectivity index (χ4n) is 4.96. The van der Waals surface area contributed by atoms with Crippen molar-refractivity contribution in [2.75, 3.05) is 42.5 Å². The summed E-state index contributed by atoms with van der Waals surface area (Å²) in [6.07, 6.45) is 5.47. The molecule has 3 heterocycles. The van der Waals surface area contributed by atoms with E-state index in [0.717, 1.165) is 63.2 Å². The van der Waals surface area contributed by atoms with E-state index in [0.29, 0.717) is 27.9 Å². The molecule has 7 nitrogen and oxygen atoms in total. The number of hydrogen-bond acceptors (Lipinski definition) is 7. The Morgan fingerprint density at radius 2 is 1.63 bits per heavy atom. The number of benzene rings is 1. The second kappa shape index (κ2) is 12.6. The van der Waals surface area contributed by atoms with Crippen molar-refractivity contribution in [1.82, 2.24) is 9.47 Å².